The molecule has 31 heavy (non-hydrogen) atoms. The average Bonchev–Trinajstić information content (AvgIpc) is 2.60. The van der Waals surface area contributed by atoms with Gasteiger partial charge in [0.1, 0.15) is 11.2 Å². The number of amides is 2. The van der Waals surface area contributed by atoms with E-state index in [9.17, 15) is 9.59 Å². The zero-order valence-corrected chi connectivity index (χ0v) is 20.3. The van der Waals surface area contributed by atoms with E-state index in [4.69, 9.17) is 9.47 Å². The number of carbonyl (C=O) groups excluding carboxylic acids is 2. The Kier molecular flexibility index (Phi) is 9.27. The minimum atomic E-state index is -0.655. The van der Waals surface area contributed by atoms with Crippen molar-refractivity contribution in [2.75, 3.05) is 39.1 Å². The summed E-state index contributed by atoms with van der Waals surface area (Å²) in [5.74, 6) is 0.405. The van der Waals surface area contributed by atoms with Crippen LogP contribution in [0.3, 0.4) is 0 Å². The number of ether oxygens (including phenoxy) is 2. The number of rotatable bonds is 7. The van der Waals surface area contributed by atoms with Crippen molar-refractivity contribution >= 4 is 30.0 Å². The number of anilines is 1. The maximum absolute atomic E-state index is 13.0. The highest BCUT2D eigenvalue weighted by molar-refractivity contribution is 5.91. The highest BCUT2D eigenvalue weighted by Gasteiger charge is 2.26. The van der Waals surface area contributed by atoms with Crippen LogP contribution in [-0.4, -0.2) is 78.7 Å². The molecule has 0 saturated carbocycles. The van der Waals surface area contributed by atoms with Crippen molar-refractivity contribution in [3.8, 4) is 0 Å². The smallest absolute Gasteiger partial charge is 0.414 e. The SMILES string of the molecule is CN(C)/C=N\c1ncccc1N(CCCN(C)C(=O)OC(C)(C)C)C(=O)OC(C)(C)C. The molecule has 0 aliphatic carbocycles. The van der Waals surface area contributed by atoms with E-state index in [0.29, 0.717) is 31.0 Å². The van der Waals surface area contributed by atoms with Gasteiger partial charge in [0, 0.05) is 40.4 Å². The van der Waals surface area contributed by atoms with Crippen molar-refractivity contribution in [3.63, 3.8) is 0 Å². The highest BCUT2D eigenvalue weighted by atomic mass is 16.6. The van der Waals surface area contributed by atoms with Crippen molar-refractivity contribution < 1.29 is 19.1 Å². The molecule has 0 spiro atoms. The van der Waals surface area contributed by atoms with Crippen LogP contribution in [0.25, 0.3) is 0 Å². The molecule has 1 heterocycles. The molecule has 0 aliphatic heterocycles. The summed E-state index contributed by atoms with van der Waals surface area (Å²) in [6, 6.07) is 3.52. The summed E-state index contributed by atoms with van der Waals surface area (Å²) in [7, 11) is 5.37. The second-order valence-corrected chi connectivity index (χ2v) is 9.44. The largest absolute Gasteiger partial charge is 0.444 e. The van der Waals surface area contributed by atoms with Crippen molar-refractivity contribution in [1.29, 1.82) is 0 Å². The Morgan fingerprint density at radius 1 is 1.00 bits per heavy atom. The Bertz CT molecular complexity index is 766. The summed E-state index contributed by atoms with van der Waals surface area (Å²) in [5.41, 5.74) is -0.685. The van der Waals surface area contributed by atoms with Gasteiger partial charge in [-0.3, -0.25) is 4.90 Å². The number of nitrogens with zero attached hydrogens (tertiary/aromatic N) is 5. The fourth-order valence-electron chi connectivity index (χ4n) is 2.39. The molecule has 2 amide bonds. The molecule has 0 bridgehead atoms. The molecule has 0 atom stereocenters. The molecule has 9 nitrogen and oxygen atoms in total. The normalized spacial score (nSPS) is 11.9. The maximum Gasteiger partial charge on any atom is 0.414 e. The zero-order valence-electron chi connectivity index (χ0n) is 20.3. The molecule has 9 heteroatoms. The van der Waals surface area contributed by atoms with E-state index in [0.717, 1.165) is 0 Å². The summed E-state index contributed by atoms with van der Waals surface area (Å²) in [6.45, 7) is 11.6. The summed E-state index contributed by atoms with van der Waals surface area (Å²) in [5, 5.41) is 0. The molecule has 0 N–H and O–H groups in total. The van der Waals surface area contributed by atoms with Crippen LogP contribution in [0.2, 0.25) is 0 Å². The van der Waals surface area contributed by atoms with E-state index >= 15 is 0 Å². The molecule has 1 aromatic heterocycles. The second-order valence-electron chi connectivity index (χ2n) is 9.44. The first kappa shape index (κ1) is 26.2. The van der Waals surface area contributed by atoms with Gasteiger partial charge >= 0.3 is 12.2 Å². The van der Waals surface area contributed by atoms with E-state index in [1.54, 1.807) is 36.6 Å². The van der Waals surface area contributed by atoms with Crippen LogP contribution in [-0.2, 0) is 9.47 Å². The van der Waals surface area contributed by atoms with Crippen molar-refractivity contribution in [2.45, 2.75) is 59.2 Å². The molecule has 1 aromatic rings. The molecule has 1 rings (SSSR count). The fraction of sp³-hybridized carbons (Fsp3) is 0.636. The topological polar surface area (TPSA) is 87.6 Å². The molecule has 0 saturated heterocycles. The Hall–Kier alpha value is -2.84. The fourth-order valence-corrected chi connectivity index (χ4v) is 2.39. The monoisotopic (exact) mass is 435 g/mol. The lowest BCUT2D eigenvalue weighted by atomic mass is 10.2. The van der Waals surface area contributed by atoms with Gasteiger partial charge in [0.05, 0.1) is 12.0 Å². The van der Waals surface area contributed by atoms with Gasteiger partial charge < -0.3 is 19.3 Å². The van der Waals surface area contributed by atoms with Crippen LogP contribution in [0.15, 0.2) is 23.3 Å². The van der Waals surface area contributed by atoms with Gasteiger partial charge in [0.2, 0.25) is 0 Å². The lowest BCUT2D eigenvalue weighted by molar-refractivity contribution is 0.0298. The van der Waals surface area contributed by atoms with Gasteiger partial charge in [-0.05, 0) is 60.1 Å². The summed E-state index contributed by atoms with van der Waals surface area (Å²) < 4.78 is 11.0. The van der Waals surface area contributed by atoms with Gasteiger partial charge in [-0.2, -0.15) is 0 Å². The number of aromatic nitrogens is 1. The van der Waals surface area contributed by atoms with Gasteiger partial charge in [0.15, 0.2) is 5.82 Å². The third kappa shape index (κ3) is 10.1. The zero-order chi connectivity index (χ0) is 23.8. The maximum atomic E-state index is 13.0. The number of pyridine rings is 1. The van der Waals surface area contributed by atoms with Gasteiger partial charge in [0.25, 0.3) is 0 Å². The number of aliphatic imine (C=N–C) groups is 1. The molecular formula is C22H37N5O4. The van der Waals surface area contributed by atoms with E-state index in [2.05, 4.69) is 9.98 Å². The van der Waals surface area contributed by atoms with Crippen LogP contribution in [0.4, 0.5) is 21.1 Å². The van der Waals surface area contributed by atoms with Crippen molar-refractivity contribution in [3.05, 3.63) is 18.3 Å². The second kappa shape index (κ2) is 11.0. The molecule has 174 valence electrons. The van der Waals surface area contributed by atoms with Gasteiger partial charge in [-0.25, -0.2) is 19.6 Å². The Labute approximate surface area is 186 Å². The Morgan fingerprint density at radius 3 is 2.13 bits per heavy atom. The van der Waals surface area contributed by atoms with E-state index in [1.807, 2.05) is 55.6 Å². The standard InChI is InChI=1S/C22H37N5O4/c1-21(2,3)30-19(28)26(9)14-11-15-27(20(29)31-22(4,5)6)17-12-10-13-23-18(17)24-16-25(7)8/h10,12-13,16H,11,14-15H2,1-9H3/b24-16-. The summed E-state index contributed by atoms with van der Waals surface area (Å²) in [6.07, 6.45) is 2.85. The van der Waals surface area contributed by atoms with Crippen LogP contribution in [0.5, 0.6) is 0 Å². The third-order valence-electron chi connectivity index (χ3n) is 3.66. The average molecular weight is 436 g/mol. The quantitative estimate of drug-likeness (QED) is 0.469. The van der Waals surface area contributed by atoms with Gasteiger partial charge in [-0.1, -0.05) is 0 Å². The highest BCUT2D eigenvalue weighted by Crippen LogP contribution is 2.27. The minimum absolute atomic E-state index is 0.318. The Balaban J connectivity index is 3.02. The number of carbonyl (C=O) groups is 2. The molecule has 0 unspecified atom stereocenters. The lowest BCUT2D eigenvalue weighted by Gasteiger charge is -2.29. The van der Waals surface area contributed by atoms with Crippen molar-refractivity contribution in [1.82, 2.24) is 14.8 Å². The first-order chi connectivity index (χ1) is 14.2. The van der Waals surface area contributed by atoms with Gasteiger partial charge in [-0.15, -0.1) is 0 Å². The molecule has 0 fully saturated rings. The molecule has 0 aliphatic rings. The first-order valence-electron chi connectivity index (χ1n) is 10.3. The van der Waals surface area contributed by atoms with Crippen LogP contribution >= 0.6 is 0 Å². The van der Waals surface area contributed by atoms with Crippen molar-refractivity contribution in [2.24, 2.45) is 4.99 Å². The van der Waals surface area contributed by atoms with E-state index < -0.39 is 23.4 Å². The van der Waals surface area contributed by atoms with Crippen LogP contribution < -0.4 is 4.90 Å². The number of hydrogen-bond donors (Lipinski definition) is 0. The first-order valence-corrected chi connectivity index (χ1v) is 10.3. The number of hydrogen-bond acceptors (Lipinski definition) is 6. The minimum Gasteiger partial charge on any atom is -0.444 e. The van der Waals surface area contributed by atoms with E-state index in [1.165, 1.54) is 9.80 Å². The molecular weight excluding hydrogens is 398 g/mol. The predicted molar refractivity (Wildman–Crippen MR) is 123 cm³/mol. The lowest BCUT2D eigenvalue weighted by Crippen LogP contribution is -2.39. The Morgan fingerprint density at radius 2 is 1.58 bits per heavy atom. The third-order valence-corrected chi connectivity index (χ3v) is 3.66. The van der Waals surface area contributed by atoms with Crippen LogP contribution in [0, 0.1) is 0 Å². The summed E-state index contributed by atoms with van der Waals surface area (Å²) >= 11 is 0. The van der Waals surface area contributed by atoms with E-state index in [-0.39, 0.29) is 0 Å². The predicted octanol–water partition coefficient (Wildman–Crippen LogP) is 4.30. The molecule has 0 aromatic carbocycles. The molecule has 0 radical (unpaired) electrons. The summed E-state index contributed by atoms with van der Waals surface area (Å²) in [4.78, 5) is 38.6. The van der Waals surface area contributed by atoms with Crippen LogP contribution in [0.1, 0.15) is 48.0 Å².